The van der Waals surface area contributed by atoms with E-state index in [2.05, 4.69) is 43.8 Å². The number of likely N-dealkylation sites (N-methyl/N-ethyl adjacent to an activating group) is 1. The third-order valence-electron chi connectivity index (χ3n) is 2.79. The molecule has 1 aromatic rings. The van der Waals surface area contributed by atoms with Gasteiger partial charge in [-0.3, -0.25) is 4.79 Å². The van der Waals surface area contributed by atoms with Crippen LogP contribution in [0.3, 0.4) is 0 Å². The van der Waals surface area contributed by atoms with Crippen LogP contribution < -0.4 is 5.32 Å². The molecule has 1 aromatic carbocycles. The highest BCUT2D eigenvalue weighted by Gasteiger charge is 2.26. The Morgan fingerprint density at radius 2 is 2.25 bits per heavy atom. The van der Waals surface area contributed by atoms with Crippen LogP contribution in [0.4, 0.5) is 0 Å². The van der Waals surface area contributed by atoms with Crippen LogP contribution in [-0.4, -0.2) is 37.0 Å². The molecular weight excluding hydrogens is 383 g/mol. The topological polar surface area (TPSA) is 32.3 Å². The number of carbonyl (C=O) groups is 1. The van der Waals surface area contributed by atoms with Crippen LogP contribution in [0.5, 0.6) is 0 Å². The Balaban J connectivity index is 2.22. The van der Waals surface area contributed by atoms with Gasteiger partial charge >= 0.3 is 0 Å². The first-order valence-corrected chi connectivity index (χ1v) is 6.89. The van der Waals surface area contributed by atoms with Gasteiger partial charge in [0, 0.05) is 28.2 Å². The minimum Gasteiger partial charge on any atom is -0.336 e. The molecule has 1 N–H and O–H groups in total. The molecule has 2 rings (SSSR count). The van der Waals surface area contributed by atoms with E-state index in [0.717, 1.165) is 26.7 Å². The van der Waals surface area contributed by atoms with Gasteiger partial charge in [0.05, 0.1) is 11.6 Å². The van der Waals surface area contributed by atoms with Crippen molar-refractivity contribution in [1.29, 1.82) is 0 Å². The fourth-order valence-electron chi connectivity index (χ4n) is 1.56. The normalized spacial score (nSPS) is 15.7. The van der Waals surface area contributed by atoms with Crippen LogP contribution in [-0.2, 0) is 0 Å². The highest BCUT2D eigenvalue weighted by molar-refractivity contribution is 14.1. The minimum atomic E-state index is 0.0805. The van der Waals surface area contributed by atoms with Crippen molar-refractivity contribution in [1.82, 2.24) is 10.2 Å². The SMILES string of the molecule is CN(C(=O)c1cc(I)ccc1Br)C1CNC1. The molecule has 86 valence electrons. The van der Waals surface area contributed by atoms with Crippen molar-refractivity contribution in [3.8, 4) is 0 Å². The summed E-state index contributed by atoms with van der Waals surface area (Å²) in [5.74, 6) is 0.0805. The Bertz CT molecular complexity index is 420. The summed E-state index contributed by atoms with van der Waals surface area (Å²) in [7, 11) is 1.86. The van der Waals surface area contributed by atoms with Gasteiger partial charge in [0.1, 0.15) is 0 Å². The summed E-state index contributed by atoms with van der Waals surface area (Å²) in [5.41, 5.74) is 0.737. The largest absolute Gasteiger partial charge is 0.336 e. The Kier molecular flexibility index (Phi) is 3.86. The number of amides is 1. The summed E-state index contributed by atoms with van der Waals surface area (Å²) in [4.78, 5) is 14.0. The zero-order chi connectivity index (χ0) is 11.7. The van der Waals surface area contributed by atoms with E-state index >= 15 is 0 Å². The second kappa shape index (κ2) is 5.01. The van der Waals surface area contributed by atoms with Crippen molar-refractivity contribution >= 4 is 44.4 Å². The molecule has 1 amide bonds. The lowest BCUT2D eigenvalue weighted by molar-refractivity contribution is 0.0680. The minimum absolute atomic E-state index is 0.0805. The number of halogens is 2. The van der Waals surface area contributed by atoms with E-state index in [9.17, 15) is 4.79 Å². The first-order valence-electron chi connectivity index (χ1n) is 5.02. The molecule has 3 nitrogen and oxygen atoms in total. The average molecular weight is 395 g/mol. The Hall–Kier alpha value is -0.140. The van der Waals surface area contributed by atoms with Gasteiger partial charge in [0.15, 0.2) is 0 Å². The predicted molar refractivity (Wildman–Crippen MR) is 75.6 cm³/mol. The molecule has 0 radical (unpaired) electrons. The molecule has 1 aliphatic rings. The summed E-state index contributed by atoms with van der Waals surface area (Å²) in [6, 6.07) is 6.14. The second-order valence-corrected chi connectivity index (χ2v) is 5.95. The van der Waals surface area contributed by atoms with E-state index in [1.807, 2.05) is 30.1 Å². The monoisotopic (exact) mass is 394 g/mol. The maximum Gasteiger partial charge on any atom is 0.255 e. The Labute approximate surface area is 117 Å². The lowest BCUT2D eigenvalue weighted by atomic mass is 10.1. The lowest BCUT2D eigenvalue weighted by Gasteiger charge is -2.35. The zero-order valence-electron chi connectivity index (χ0n) is 8.84. The highest BCUT2D eigenvalue weighted by Crippen LogP contribution is 2.21. The molecule has 0 atom stereocenters. The molecule has 1 aliphatic heterocycles. The van der Waals surface area contributed by atoms with E-state index < -0.39 is 0 Å². The molecule has 0 aromatic heterocycles. The summed E-state index contributed by atoms with van der Waals surface area (Å²) in [5, 5.41) is 3.17. The van der Waals surface area contributed by atoms with Gasteiger partial charge in [-0.15, -0.1) is 0 Å². The number of nitrogens with one attached hydrogen (secondary N) is 1. The van der Waals surface area contributed by atoms with Crippen LogP contribution in [0.25, 0.3) is 0 Å². The zero-order valence-corrected chi connectivity index (χ0v) is 12.6. The van der Waals surface area contributed by atoms with Crippen molar-refractivity contribution in [2.24, 2.45) is 0 Å². The summed E-state index contributed by atoms with van der Waals surface area (Å²) < 4.78 is 1.93. The van der Waals surface area contributed by atoms with Crippen molar-refractivity contribution in [3.05, 3.63) is 31.8 Å². The van der Waals surface area contributed by atoms with Gasteiger partial charge in [-0.1, -0.05) is 0 Å². The van der Waals surface area contributed by atoms with E-state index in [1.54, 1.807) is 0 Å². The molecule has 0 bridgehead atoms. The van der Waals surface area contributed by atoms with Crippen molar-refractivity contribution in [3.63, 3.8) is 0 Å². The number of hydrogen-bond donors (Lipinski definition) is 1. The fraction of sp³-hybridized carbons (Fsp3) is 0.364. The van der Waals surface area contributed by atoms with Gasteiger partial charge in [0.25, 0.3) is 5.91 Å². The number of rotatable bonds is 2. The molecule has 0 unspecified atom stereocenters. The molecular formula is C11H12BrIN2O. The molecule has 1 saturated heterocycles. The van der Waals surface area contributed by atoms with Crippen LogP contribution in [0.1, 0.15) is 10.4 Å². The third-order valence-corrected chi connectivity index (χ3v) is 4.15. The van der Waals surface area contributed by atoms with E-state index in [1.165, 1.54) is 0 Å². The van der Waals surface area contributed by atoms with Gasteiger partial charge in [-0.05, 0) is 56.7 Å². The first-order chi connectivity index (χ1) is 7.59. The fourth-order valence-corrected chi connectivity index (χ4v) is 2.47. The number of benzene rings is 1. The summed E-state index contributed by atoms with van der Waals surface area (Å²) in [6.07, 6.45) is 0. The molecule has 16 heavy (non-hydrogen) atoms. The standard InChI is InChI=1S/C11H12BrIN2O/c1-15(8-5-14-6-8)11(16)9-4-7(13)2-3-10(9)12/h2-4,8,14H,5-6H2,1H3. The maximum atomic E-state index is 12.2. The van der Waals surface area contributed by atoms with Crippen LogP contribution >= 0.6 is 38.5 Å². The lowest BCUT2D eigenvalue weighted by Crippen LogP contribution is -2.57. The summed E-state index contributed by atoms with van der Waals surface area (Å²) in [6.45, 7) is 1.79. The van der Waals surface area contributed by atoms with Gasteiger partial charge in [-0.2, -0.15) is 0 Å². The molecule has 0 aliphatic carbocycles. The predicted octanol–water partition coefficient (Wildman–Crippen LogP) is 2.10. The van der Waals surface area contributed by atoms with Crippen LogP contribution in [0, 0.1) is 3.57 Å². The molecule has 1 fully saturated rings. The van der Waals surface area contributed by atoms with Gasteiger partial charge in [-0.25, -0.2) is 0 Å². The average Bonchev–Trinajstić information content (AvgIpc) is 2.18. The Morgan fingerprint density at radius 1 is 1.56 bits per heavy atom. The van der Waals surface area contributed by atoms with Gasteiger partial charge < -0.3 is 10.2 Å². The van der Waals surface area contributed by atoms with E-state index in [0.29, 0.717) is 6.04 Å². The molecule has 0 saturated carbocycles. The molecule has 5 heteroatoms. The third kappa shape index (κ3) is 2.41. The van der Waals surface area contributed by atoms with Crippen molar-refractivity contribution < 1.29 is 4.79 Å². The van der Waals surface area contributed by atoms with Crippen molar-refractivity contribution in [2.75, 3.05) is 20.1 Å². The molecule has 0 spiro atoms. The smallest absolute Gasteiger partial charge is 0.255 e. The van der Waals surface area contributed by atoms with E-state index in [-0.39, 0.29) is 5.91 Å². The first kappa shape index (κ1) is 12.3. The quantitative estimate of drug-likeness (QED) is 0.779. The van der Waals surface area contributed by atoms with Crippen LogP contribution in [0.2, 0.25) is 0 Å². The number of carbonyl (C=O) groups excluding carboxylic acids is 1. The highest BCUT2D eigenvalue weighted by atomic mass is 127. The number of hydrogen-bond acceptors (Lipinski definition) is 2. The maximum absolute atomic E-state index is 12.2. The van der Waals surface area contributed by atoms with Crippen molar-refractivity contribution in [2.45, 2.75) is 6.04 Å². The number of nitrogens with zero attached hydrogens (tertiary/aromatic N) is 1. The molecule has 1 heterocycles. The Morgan fingerprint density at radius 3 is 2.81 bits per heavy atom. The van der Waals surface area contributed by atoms with Crippen LogP contribution in [0.15, 0.2) is 22.7 Å². The summed E-state index contributed by atoms with van der Waals surface area (Å²) >= 11 is 5.64. The second-order valence-electron chi connectivity index (χ2n) is 3.85. The van der Waals surface area contributed by atoms with Gasteiger partial charge in [0.2, 0.25) is 0 Å². The van der Waals surface area contributed by atoms with E-state index in [4.69, 9.17) is 0 Å².